The van der Waals surface area contributed by atoms with Crippen LogP contribution in [0.25, 0.3) is 11.0 Å². The lowest BCUT2D eigenvalue weighted by Gasteiger charge is -2.07. The highest BCUT2D eigenvalue weighted by atomic mass is 35.5. The summed E-state index contributed by atoms with van der Waals surface area (Å²) in [5.74, 6) is 1.69. The Morgan fingerprint density at radius 1 is 1.35 bits per heavy atom. The first kappa shape index (κ1) is 20.6. The van der Waals surface area contributed by atoms with Crippen molar-refractivity contribution < 1.29 is 9.53 Å². The number of halogens is 1. The van der Waals surface area contributed by atoms with E-state index in [0.29, 0.717) is 23.0 Å². The molecule has 3 aromatic rings. The van der Waals surface area contributed by atoms with Gasteiger partial charge in [-0.2, -0.15) is 0 Å². The Morgan fingerprint density at radius 2 is 2.15 bits per heavy atom. The maximum absolute atomic E-state index is 12.5. The lowest BCUT2D eigenvalue weighted by atomic mass is 10.3. The van der Waals surface area contributed by atoms with E-state index < -0.39 is 0 Å². The summed E-state index contributed by atoms with van der Waals surface area (Å²) in [6.45, 7) is 2.59. The molecule has 0 saturated heterocycles. The molecule has 0 radical (unpaired) electrons. The van der Waals surface area contributed by atoms with Gasteiger partial charge in [0.15, 0.2) is 11.4 Å². The van der Waals surface area contributed by atoms with Crippen molar-refractivity contribution in [2.45, 2.75) is 18.5 Å². The number of aromatic nitrogens is 3. The number of pyridine rings is 1. The van der Waals surface area contributed by atoms with Gasteiger partial charge < -0.3 is 10.1 Å². The number of hydrogen-bond acceptors (Lipinski definition) is 8. The molecule has 26 heavy (non-hydrogen) atoms. The van der Waals surface area contributed by atoms with Gasteiger partial charge in [0.1, 0.15) is 16.6 Å². The van der Waals surface area contributed by atoms with Crippen LogP contribution in [0.1, 0.15) is 20.4 Å². The molecule has 0 aliphatic carbocycles. The molecule has 0 bridgehead atoms. The van der Waals surface area contributed by atoms with Gasteiger partial charge in [0.05, 0.1) is 29.3 Å². The van der Waals surface area contributed by atoms with Crippen LogP contribution in [0.5, 0.6) is 5.75 Å². The second-order valence-electron chi connectivity index (χ2n) is 5.33. The van der Waals surface area contributed by atoms with E-state index in [1.165, 1.54) is 23.1 Å². The van der Waals surface area contributed by atoms with Crippen LogP contribution >= 0.6 is 35.5 Å². The molecule has 0 aliphatic heterocycles. The van der Waals surface area contributed by atoms with Crippen molar-refractivity contribution in [2.75, 3.05) is 19.9 Å². The Balaban J connectivity index is 0.00000243. The van der Waals surface area contributed by atoms with Crippen LogP contribution < -0.4 is 10.1 Å². The largest absolute Gasteiger partial charge is 0.495 e. The fourth-order valence-corrected chi connectivity index (χ4v) is 4.27. The number of aryl methyl sites for hydroxylation is 1. The molecule has 0 fully saturated rings. The highest BCUT2D eigenvalue weighted by molar-refractivity contribution is 8.00. The van der Waals surface area contributed by atoms with Crippen molar-refractivity contribution in [3.05, 3.63) is 40.0 Å². The molecule has 138 valence electrons. The molecule has 1 N–H and O–H groups in total. The van der Waals surface area contributed by atoms with Gasteiger partial charge in [0.2, 0.25) is 0 Å². The fraction of sp³-hybridized carbons (Fsp3) is 0.294. The third kappa shape index (κ3) is 4.70. The van der Waals surface area contributed by atoms with Crippen LogP contribution in [0.3, 0.4) is 0 Å². The molecule has 3 aromatic heterocycles. The number of nitrogens with one attached hydrogen (secondary N) is 1. The Hall–Kier alpha value is -1.74. The van der Waals surface area contributed by atoms with Gasteiger partial charge >= 0.3 is 0 Å². The minimum Gasteiger partial charge on any atom is -0.495 e. The van der Waals surface area contributed by atoms with E-state index >= 15 is 0 Å². The third-order valence-electron chi connectivity index (χ3n) is 3.47. The highest BCUT2D eigenvalue weighted by Gasteiger charge is 2.14. The summed E-state index contributed by atoms with van der Waals surface area (Å²) in [6, 6.07) is 5.72. The van der Waals surface area contributed by atoms with Crippen LogP contribution in [0.4, 0.5) is 0 Å². The van der Waals surface area contributed by atoms with E-state index in [2.05, 4.69) is 20.3 Å². The monoisotopic (exact) mass is 410 g/mol. The van der Waals surface area contributed by atoms with Crippen LogP contribution in [-0.4, -0.2) is 40.6 Å². The number of Topliss-reactive ketones (excluding diaryl/α,β-unsaturated/α-hetero) is 1. The van der Waals surface area contributed by atoms with Crippen LogP contribution in [0.15, 0.2) is 29.4 Å². The Bertz CT molecular complexity index is 917. The zero-order valence-corrected chi connectivity index (χ0v) is 17.1. The van der Waals surface area contributed by atoms with E-state index in [0.717, 1.165) is 26.7 Å². The predicted octanol–water partition coefficient (Wildman–Crippen LogP) is 3.52. The Morgan fingerprint density at radius 3 is 2.88 bits per heavy atom. The number of ketones is 1. The van der Waals surface area contributed by atoms with Gasteiger partial charge in [-0.1, -0.05) is 11.8 Å². The van der Waals surface area contributed by atoms with E-state index in [9.17, 15) is 4.79 Å². The lowest BCUT2D eigenvalue weighted by Crippen LogP contribution is -2.03. The van der Waals surface area contributed by atoms with Gasteiger partial charge in [-0.25, -0.2) is 15.0 Å². The topological polar surface area (TPSA) is 77.0 Å². The first-order valence-corrected chi connectivity index (χ1v) is 9.48. The van der Waals surface area contributed by atoms with Gasteiger partial charge in [0.25, 0.3) is 0 Å². The maximum atomic E-state index is 12.5. The number of nitrogens with zero attached hydrogens (tertiary/aromatic N) is 3. The van der Waals surface area contributed by atoms with Gasteiger partial charge in [0, 0.05) is 11.4 Å². The number of hydrogen-bond donors (Lipinski definition) is 1. The summed E-state index contributed by atoms with van der Waals surface area (Å²) in [4.78, 5) is 27.5. The minimum absolute atomic E-state index is 0. The first-order chi connectivity index (χ1) is 12.1. The van der Waals surface area contributed by atoms with Crippen molar-refractivity contribution in [2.24, 2.45) is 0 Å². The standard InChI is InChI=1S/C17H18N4O2S2.ClH/c1-10-20-16-13(6-11(23-3)7-19-16)17(21-10)24-9-14(22)15-5-4-12(25-15)8-18-2;/h4-7,18H,8-9H2,1-3H3;1H. The number of thiophene rings is 1. The molecule has 3 rings (SSSR count). The predicted molar refractivity (Wildman–Crippen MR) is 108 cm³/mol. The summed E-state index contributed by atoms with van der Waals surface area (Å²) in [7, 11) is 3.48. The van der Waals surface area contributed by atoms with Crippen molar-refractivity contribution in [1.82, 2.24) is 20.3 Å². The highest BCUT2D eigenvalue weighted by Crippen LogP contribution is 2.28. The van der Waals surface area contributed by atoms with Crippen molar-refractivity contribution >= 4 is 52.3 Å². The van der Waals surface area contributed by atoms with Crippen molar-refractivity contribution in [3.8, 4) is 5.75 Å². The smallest absolute Gasteiger partial charge is 0.183 e. The zero-order chi connectivity index (χ0) is 17.8. The molecule has 0 saturated carbocycles. The fourth-order valence-electron chi connectivity index (χ4n) is 2.29. The number of rotatable bonds is 7. The summed E-state index contributed by atoms with van der Waals surface area (Å²) in [5.41, 5.74) is 0.607. The molecular weight excluding hydrogens is 392 g/mol. The number of carbonyl (C=O) groups excluding carboxylic acids is 1. The average molecular weight is 411 g/mol. The number of ether oxygens (including phenoxy) is 1. The van der Waals surface area contributed by atoms with Gasteiger partial charge in [-0.05, 0) is 32.2 Å². The average Bonchev–Trinajstić information content (AvgIpc) is 3.08. The summed E-state index contributed by atoms with van der Waals surface area (Å²) in [6.07, 6.45) is 1.63. The molecule has 0 spiro atoms. The summed E-state index contributed by atoms with van der Waals surface area (Å²) in [5, 5.41) is 4.63. The molecule has 3 heterocycles. The van der Waals surface area contributed by atoms with Gasteiger partial charge in [-0.15, -0.1) is 23.7 Å². The zero-order valence-electron chi connectivity index (χ0n) is 14.6. The van der Waals surface area contributed by atoms with E-state index in [1.54, 1.807) is 13.3 Å². The Kier molecular flexibility index (Phi) is 7.33. The van der Waals surface area contributed by atoms with Gasteiger partial charge in [-0.3, -0.25) is 4.79 Å². The molecule has 0 aliphatic rings. The Labute approximate surface area is 166 Å². The number of methoxy groups -OCH3 is 1. The third-order valence-corrected chi connectivity index (χ3v) is 5.58. The second kappa shape index (κ2) is 9.27. The number of carbonyl (C=O) groups is 1. The summed E-state index contributed by atoms with van der Waals surface area (Å²) >= 11 is 2.93. The molecule has 0 amide bonds. The van der Waals surface area contributed by atoms with Crippen LogP contribution in [0.2, 0.25) is 0 Å². The molecule has 0 aromatic carbocycles. The minimum atomic E-state index is 0. The van der Waals surface area contributed by atoms with Crippen LogP contribution in [0, 0.1) is 6.92 Å². The second-order valence-corrected chi connectivity index (χ2v) is 7.46. The van der Waals surface area contributed by atoms with Crippen LogP contribution in [-0.2, 0) is 6.54 Å². The maximum Gasteiger partial charge on any atom is 0.183 e. The van der Waals surface area contributed by atoms with E-state index in [4.69, 9.17) is 4.74 Å². The normalized spacial score (nSPS) is 10.6. The first-order valence-electron chi connectivity index (χ1n) is 7.68. The molecular formula is C17H19ClN4O2S2. The lowest BCUT2D eigenvalue weighted by molar-refractivity contribution is 0.102. The number of fused-ring (bicyclic) bond motifs is 1. The molecule has 6 nitrogen and oxygen atoms in total. The molecule has 0 unspecified atom stereocenters. The number of thioether (sulfide) groups is 1. The summed E-state index contributed by atoms with van der Waals surface area (Å²) < 4.78 is 5.23. The molecule has 9 heteroatoms. The van der Waals surface area contributed by atoms with E-state index in [-0.39, 0.29) is 18.2 Å². The van der Waals surface area contributed by atoms with Crippen molar-refractivity contribution in [3.63, 3.8) is 0 Å². The quantitative estimate of drug-likeness (QED) is 0.362. The van der Waals surface area contributed by atoms with E-state index in [1.807, 2.05) is 32.2 Å². The van der Waals surface area contributed by atoms with Crippen molar-refractivity contribution in [1.29, 1.82) is 0 Å². The molecule has 0 atom stereocenters. The SMILES string of the molecule is CNCc1ccc(C(=O)CSc2nc(C)nc3ncc(OC)cc23)s1.Cl.